The van der Waals surface area contributed by atoms with Crippen molar-refractivity contribution < 1.29 is 4.79 Å². The van der Waals surface area contributed by atoms with E-state index in [0.29, 0.717) is 0 Å². The molecule has 0 atom stereocenters. The number of carbonyl (C=O) groups excluding carboxylic acids is 1. The maximum absolute atomic E-state index is 12.1. The zero-order chi connectivity index (χ0) is 11.6. The van der Waals surface area contributed by atoms with Crippen LogP contribution in [0.4, 0.5) is 0 Å². The molecule has 0 saturated heterocycles. The minimum Gasteiger partial charge on any atom is -0.347 e. The molecule has 0 unspecified atom stereocenters. The van der Waals surface area contributed by atoms with Crippen LogP contribution in [0.25, 0.3) is 0 Å². The summed E-state index contributed by atoms with van der Waals surface area (Å²) in [6, 6.07) is 3.76. The Kier molecular flexibility index (Phi) is 3.03. The maximum Gasteiger partial charge on any atom is 0.268 e. The fraction of sp³-hybridized carbons (Fsp3) is 0.615. The van der Waals surface area contributed by atoms with Crippen molar-refractivity contribution in [2.24, 2.45) is 7.05 Å². The van der Waals surface area contributed by atoms with Gasteiger partial charge in [-0.05, 0) is 31.9 Å². The second-order valence-electron chi connectivity index (χ2n) is 5.08. The molecule has 16 heavy (non-hydrogen) atoms. The standard InChI is InChI=1S/C13H20N2O/c1-13(8-4-3-5-9-13)14-12(16)11-7-6-10-15(11)2/h6-7,10H,3-5,8-9H2,1-2H3,(H,14,16). The first kappa shape index (κ1) is 11.2. The van der Waals surface area contributed by atoms with Crippen molar-refractivity contribution in [2.75, 3.05) is 0 Å². The number of carbonyl (C=O) groups is 1. The van der Waals surface area contributed by atoms with Crippen molar-refractivity contribution in [3.8, 4) is 0 Å². The average Bonchev–Trinajstić information content (AvgIpc) is 2.65. The van der Waals surface area contributed by atoms with Gasteiger partial charge in [0.25, 0.3) is 5.91 Å². The molecule has 1 aromatic heterocycles. The third-order valence-electron chi connectivity index (χ3n) is 3.55. The van der Waals surface area contributed by atoms with Gasteiger partial charge in [-0.25, -0.2) is 0 Å². The number of nitrogens with one attached hydrogen (secondary N) is 1. The fourth-order valence-electron chi connectivity index (χ4n) is 2.49. The van der Waals surface area contributed by atoms with Gasteiger partial charge in [0.05, 0.1) is 0 Å². The van der Waals surface area contributed by atoms with Gasteiger partial charge in [-0.2, -0.15) is 0 Å². The molecule has 3 nitrogen and oxygen atoms in total. The smallest absolute Gasteiger partial charge is 0.268 e. The molecule has 0 radical (unpaired) electrons. The molecule has 0 aliphatic heterocycles. The van der Waals surface area contributed by atoms with E-state index in [1.54, 1.807) is 0 Å². The van der Waals surface area contributed by atoms with Crippen LogP contribution in [0, 0.1) is 0 Å². The van der Waals surface area contributed by atoms with Gasteiger partial charge in [0, 0.05) is 18.8 Å². The Morgan fingerprint density at radius 2 is 2.06 bits per heavy atom. The van der Waals surface area contributed by atoms with E-state index in [1.807, 2.05) is 29.9 Å². The van der Waals surface area contributed by atoms with Gasteiger partial charge in [-0.3, -0.25) is 4.79 Å². The van der Waals surface area contributed by atoms with Crippen LogP contribution in [-0.2, 0) is 7.05 Å². The highest BCUT2D eigenvalue weighted by Crippen LogP contribution is 2.27. The van der Waals surface area contributed by atoms with Crippen LogP contribution in [0.5, 0.6) is 0 Å². The van der Waals surface area contributed by atoms with Crippen molar-refractivity contribution >= 4 is 5.91 Å². The minimum atomic E-state index is -0.000394. The second kappa shape index (κ2) is 4.32. The van der Waals surface area contributed by atoms with Crippen LogP contribution >= 0.6 is 0 Å². The quantitative estimate of drug-likeness (QED) is 0.816. The molecule has 1 fully saturated rings. The summed E-state index contributed by atoms with van der Waals surface area (Å²) < 4.78 is 1.86. The summed E-state index contributed by atoms with van der Waals surface area (Å²) in [5.41, 5.74) is 0.742. The van der Waals surface area contributed by atoms with Gasteiger partial charge in [-0.1, -0.05) is 19.3 Å². The number of rotatable bonds is 2. The summed E-state index contributed by atoms with van der Waals surface area (Å²) in [6.45, 7) is 2.16. The molecule has 0 spiro atoms. The predicted octanol–water partition coefficient (Wildman–Crippen LogP) is 2.48. The number of amides is 1. The molecule has 1 aromatic rings. The van der Waals surface area contributed by atoms with Gasteiger partial charge in [0.1, 0.15) is 5.69 Å². The molecule has 1 saturated carbocycles. The highest BCUT2D eigenvalue weighted by atomic mass is 16.2. The van der Waals surface area contributed by atoms with Crippen molar-refractivity contribution in [3.05, 3.63) is 24.0 Å². The first-order valence-electron chi connectivity index (χ1n) is 6.05. The van der Waals surface area contributed by atoms with Crippen molar-refractivity contribution in [3.63, 3.8) is 0 Å². The molecule has 88 valence electrons. The first-order chi connectivity index (χ1) is 7.61. The molecule has 1 aliphatic rings. The zero-order valence-corrected chi connectivity index (χ0v) is 10.1. The van der Waals surface area contributed by atoms with Crippen LogP contribution in [0.2, 0.25) is 0 Å². The van der Waals surface area contributed by atoms with Crippen LogP contribution in [0.1, 0.15) is 49.5 Å². The van der Waals surface area contributed by atoms with Crippen LogP contribution in [0.3, 0.4) is 0 Å². The van der Waals surface area contributed by atoms with E-state index < -0.39 is 0 Å². The van der Waals surface area contributed by atoms with E-state index in [4.69, 9.17) is 0 Å². The molecule has 1 N–H and O–H groups in total. The third kappa shape index (κ3) is 2.29. The summed E-state index contributed by atoms with van der Waals surface area (Å²) in [7, 11) is 1.90. The Morgan fingerprint density at radius 3 is 2.62 bits per heavy atom. The lowest BCUT2D eigenvalue weighted by Crippen LogP contribution is -2.47. The molecule has 1 amide bonds. The number of aromatic nitrogens is 1. The van der Waals surface area contributed by atoms with Gasteiger partial charge in [0.2, 0.25) is 0 Å². The maximum atomic E-state index is 12.1. The molecule has 0 aromatic carbocycles. The summed E-state index contributed by atoms with van der Waals surface area (Å²) in [6.07, 6.45) is 7.86. The van der Waals surface area contributed by atoms with E-state index in [-0.39, 0.29) is 11.4 Å². The Balaban J connectivity index is 2.04. The van der Waals surface area contributed by atoms with Crippen LogP contribution < -0.4 is 5.32 Å². The molecule has 3 heteroatoms. The van der Waals surface area contributed by atoms with E-state index in [9.17, 15) is 4.79 Å². The largest absolute Gasteiger partial charge is 0.347 e. The van der Waals surface area contributed by atoms with Gasteiger partial charge in [-0.15, -0.1) is 0 Å². The number of aryl methyl sites for hydroxylation is 1. The van der Waals surface area contributed by atoms with Crippen LogP contribution in [0.15, 0.2) is 18.3 Å². The lowest BCUT2D eigenvalue weighted by atomic mass is 9.83. The molecular weight excluding hydrogens is 200 g/mol. The molecule has 1 heterocycles. The van der Waals surface area contributed by atoms with E-state index in [1.165, 1.54) is 19.3 Å². The topological polar surface area (TPSA) is 34.0 Å². The normalized spacial score (nSPS) is 19.4. The minimum absolute atomic E-state index is 0.000394. The van der Waals surface area contributed by atoms with Gasteiger partial charge < -0.3 is 9.88 Å². The molecule has 0 bridgehead atoms. The summed E-state index contributed by atoms with van der Waals surface area (Å²) in [5, 5.41) is 3.18. The van der Waals surface area contributed by atoms with Crippen molar-refractivity contribution in [1.82, 2.24) is 9.88 Å². The van der Waals surface area contributed by atoms with E-state index in [2.05, 4.69) is 12.2 Å². The molecule has 1 aliphatic carbocycles. The van der Waals surface area contributed by atoms with Crippen molar-refractivity contribution in [1.29, 1.82) is 0 Å². The van der Waals surface area contributed by atoms with Crippen LogP contribution in [-0.4, -0.2) is 16.0 Å². The monoisotopic (exact) mass is 220 g/mol. The number of hydrogen-bond donors (Lipinski definition) is 1. The van der Waals surface area contributed by atoms with E-state index >= 15 is 0 Å². The third-order valence-corrected chi connectivity index (χ3v) is 3.55. The Bertz CT molecular complexity index is 375. The highest BCUT2D eigenvalue weighted by Gasteiger charge is 2.29. The lowest BCUT2D eigenvalue weighted by Gasteiger charge is -2.34. The predicted molar refractivity (Wildman–Crippen MR) is 64.4 cm³/mol. The zero-order valence-electron chi connectivity index (χ0n) is 10.1. The number of nitrogens with zero attached hydrogens (tertiary/aromatic N) is 1. The van der Waals surface area contributed by atoms with Gasteiger partial charge >= 0.3 is 0 Å². The number of hydrogen-bond acceptors (Lipinski definition) is 1. The second-order valence-corrected chi connectivity index (χ2v) is 5.08. The highest BCUT2D eigenvalue weighted by molar-refractivity contribution is 5.93. The summed E-state index contributed by atoms with van der Waals surface area (Å²) in [4.78, 5) is 12.1. The Morgan fingerprint density at radius 1 is 1.38 bits per heavy atom. The lowest BCUT2D eigenvalue weighted by molar-refractivity contribution is 0.0874. The van der Waals surface area contributed by atoms with Crippen molar-refractivity contribution in [2.45, 2.75) is 44.6 Å². The average molecular weight is 220 g/mol. The fourth-order valence-corrected chi connectivity index (χ4v) is 2.49. The first-order valence-corrected chi connectivity index (χ1v) is 6.05. The Hall–Kier alpha value is -1.25. The SMILES string of the molecule is Cn1cccc1C(=O)NC1(C)CCCCC1. The van der Waals surface area contributed by atoms with E-state index in [0.717, 1.165) is 18.5 Å². The Labute approximate surface area is 96.8 Å². The summed E-state index contributed by atoms with van der Waals surface area (Å²) in [5.74, 6) is 0.0527. The molecular formula is C13H20N2O. The summed E-state index contributed by atoms with van der Waals surface area (Å²) >= 11 is 0. The molecule has 2 rings (SSSR count). The van der Waals surface area contributed by atoms with Gasteiger partial charge in [0.15, 0.2) is 0 Å².